The molecule has 19 heavy (non-hydrogen) atoms. The van der Waals surface area contributed by atoms with Crippen LogP contribution in [0, 0.1) is 6.92 Å². The first-order valence-corrected chi connectivity index (χ1v) is 6.62. The molecule has 0 saturated heterocycles. The molecule has 0 fully saturated rings. The number of ether oxygens (including phenoxy) is 2. The summed E-state index contributed by atoms with van der Waals surface area (Å²) in [4.78, 5) is 11.4. The zero-order valence-electron chi connectivity index (χ0n) is 11.7. The summed E-state index contributed by atoms with van der Waals surface area (Å²) in [6, 6.07) is 5.45. The molecule has 0 aromatic heterocycles. The highest BCUT2D eigenvalue weighted by molar-refractivity contribution is 6.30. The van der Waals surface area contributed by atoms with Crippen molar-refractivity contribution in [1.29, 1.82) is 0 Å². The van der Waals surface area contributed by atoms with Gasteiger partial charge in [-0.25, -0.2) is 4.79 Å². The van der Waals surface area contributed by atoms with Gasteiger partial charge in [-0.05, 0) is 51.5 Å². The molecule has 106 valence electrons. The minimum Gasteiger partial charge on any atom is -0.489 e. The number of rotatable bonds is 5. The third kappa shape index (κ3) is 5.83. The summed E-state index contributed by atoms with van der Waals surface area (Å²) in [5, 5.41) is 3.33. The third-order valence-corrected chi connectivity index (χ3v) is 2.56. The van der Waals surface area contributed by atoms with Crippen molar-refractivity contribution >= 4 is 17.7 Å². The monoisotopic (exact) mass is 285 g/mol. The Hall–Kier alpha value is -1.42. The number of carbonyl (C=O) groups is 1. The highest BCUT2D eigenvalue weighted by Crippen LogP contribution is 2.21. The van der Waals surface area contributed by atoms with Crippen molar-refractivity contribution in [2.75, 3.05) is 6.61 Å². The van der Waals surface area contributed by atoms with Gasteiger partial charge in [-0.3, -0.25) is 0 Å². The van der Waals surface area contributed by atoms with Crippen molar-refractivity contribution in [3.05, 3.63) is 28.8 Å². The number of hydrogen-bond donors (Lipinski definition) is 1. The highest BCUT2D eigenvalue weighted by Gasteiger charge is 2.11. The molecule has 0 aliphatic carbocycles. The van der Waals surface area contributed by atoms with E-state index >= 15 is 0 Å². The number of aryl methyl sites for hydroxylation is 1. The lowest BCUT2D eigenvalue weighted by Gasteiger charge is -2.17. The van der Waals surface area contributed by atoms with Crippen LogP contribution in [0.2, 0.25) is 5.02 Å². The molecule has 0 spiro atoms. The van der Waals surface area contributed by atoms with Gasteiger partial charge in [0.15, 0.2) is 0 Å². The second-order valence-electron chi connectivity index (χ2n) is 4.74. The minimum atomic E-state index is -0.432. The largest absolute Gasteiger partial charge is 0.489 e. The molecule has 0 aliphatic heterocycles. The Labute approximate surface area is 119 Å². The number of benzene rings is 1. The summed E-state index contributed by atoms with van der Waals surface area (Å²) in [5.74, 6) is 0.740. The maximum Gasteiger partial charge on any atom is 0.407 e. The smallest absolute Gasteiger partial charge is 0.407 e. The van der Waals surface area contributed by atoms with Crippen molar-refractivity contribution in [3.63, 3.8) is 0 Å². The number of alkyl carbamates (subject to hydrolysis) is 1. The lowest BCUT2D eigenvalue weighted by Crippen LogP contribution is -2.34. The molecule has 0 radical (unpaired) electrons. The second kappa shape index (κ2) is 7.24. The highest BCUT2D eigenvalue weighted by atomic mass is 35.5. The van der Waals surface area contributed by atoms with Crippen LogP contribution in [0.15, 0.2) is 18.2 Å². The molecule has 1 unspecified atom stereocenters. The first kappa shape index (κ1) is 15.6. The Bertz CT molecular complexity index is 435. The fourth-order valence-corrected chi connectivity index (χ4v) is 1.70. The third-order valence-electron chi connectivity index (χ3n) is 2.33. The summed E-state index contributed by atoms with van der Waals surface area (Å²) in [7, 11) is 0. The molecule has 5 heteroatoms. The van der Waals surface area contributed by atoms with Crippen LogP contribution in [0.25, 0.3) is 0 Å². The number of hydrogen-bond acceptors (Lipinski definition) is 3. The van der Waals surface area contributed by atoms with E-state index < -0.39 is 6.09 Å². The molecule has 4 nitrogen and oxygen atoms in total. The quantitative estimate of drug-likeness (QED) is 0.900. The number of nitrogens with one attached hydrogen (secondary N) is 1. The molecular formula is C14H20ClNO3. The Kier molecular flexibility index (Phi) is 5.96. The van der Waals surface area contributed by atoms with E-state index in [1.807, 2.05) is 26.8 Å². The van der Waals surface area contributed by atoms with Crippen LogP contribution in [0.5, 0.6) is 5.75 Å². The predicted molar refractivity (Wildman–Crippen MR) is 75.9 cm³/mol. The van der Waals surface area contributed by atoms with E-state index in [-0.39, 0.29) is 12.1 Å². The van der Waals surface area contributed by atoms with Crippen LogP contribution in [-0.4, -0.2) is 24.8 Å². The second-order valence-corrected chi connectivity index (χ2v) is 5.17. The van der Waals surface area contributed by atoms with Crippen molar-refractivity contribution in [2.45, 2.75) is 39.8 Å². The number of carbonyl (C=O) groups excluding carboxylic acids is 1. The maximum absolute atomic E-state index is 11.4. The van der Waals surface area contributed by atoms with E-state index in [0.29, 0.717) is 11.6 Å². The van der Waals surface area contributed by atoms with Crippen LogP contribution in [-0.2, 0) is 4.74 Å². The summed E-state index contributed by atoms with van der Waals surface area (Å²) in [6.07, 6.45) is -0.757. The van der Waals surface area contributed by atoms with Crippen LogP contribution < -0.4 is 10.1 Å². The van der Waals surface area contributed by atoms with Gasteiger partial charge < -0.3 is 14.8 Å². The van der Waals surface area contributed by atoms with Crippen LogP contribution in [0.1, 0.15) is 26.3 Å². The molecule has 0 bridgehead atoms. The molecule has 1 rings (SSSR count). The molecule has 1 N–H and O–H groups in total. The summed E-state index contributed by atoms with van der Waals surface area (Å²) < 4.78 is 10.7. The van der Waals surface area contributed by atoms with Crippen molar-refractivity contribution in [1.82, 2.24) is 5.32 Å². The van der Waals surface area contributed by atoms with E-state index in [1.165, 1.54) is 0 Å². The molecule has 1 aromatic rings. The molecule has 0 saturated carbocycles. The Balaban J connectivity index is 2.41. The Morgan fingerprint density at radius 1 is 1.37 bits per heavy atom. The lowest BCUT2D eigenvalue weighted by molar-refractivity contribution is 0.0738. The minimum absolute atomic E-state index is 0.0547. The fourth-order valence-electron chi connectivity index (χ4n) is 1.47. The topological polar surface area (TPSA) is 47.6 Å². The van der Waals surface area contributed by atoms with Crippen molar-refractivity contribution in [2.24, 2.45) is 0 Å². The van der Waals surface area contributed by atoms with E-state index in [1.54, 1.807) is 19.1 Å². The zero-order valence-corrected chi connectivity index (χ0v) is 12.5. The van der Waals surface area contributed by atoms with Gasteiger partial charge in [-0.1, -0.05) is 11.6 Å². The van der Waals surface area contributed by atoms with Crippen molar-refractivity contribution in [3.8, 4) is 5.75 Å². The Morgan fingerprint density at radius 2 is 2.05 bits per heavy atom. The van der Waals surface area contributed by atoms with E-state index in [0.717, 1.165) is 11.3 Å². The Morgan fingerprint density at radius 3 is 2.63 bits per heavy atom. The van der Waals surface area contributed by atoms with Gasteiger partial charge in [0, 0.05) is 11.1 Å². The number of halogens is 1. The first-order chi connectivity index (χ1) is 8.88. The average Bonchev–Trinajstić information content (AvgIpc) is 2.26. The van der Waals surface area contributed by atoms with Gasteiger partial charge in [-0.2, -0.15) is 0 Å². The van der Waals surface area contributed by atoms with Gasteiger partial charge >= 0.3 is 6.09 Å². The first-order valence-electron chi connectivity index (χ1n) is 6.24. The van der Waals surface area contributed by atoms with E-state index in [2.05, 4.69) is 5.32 Å². The van der Waals surface area contributed by atoms with E-state index in [4.69, 9.17) is 21.1 Å². The average molecular weight is 286 g/mol. The molecule has 0 heterocycles. The number of amides is 1. The summed E-state index contributed by atoms with van der Waals surface area (Å²) in [5.41, 5.74) is 0.950. The summed E-state index contributed by atoms with van der Waals surface area (Å²) in [6.45, 7) is 7.75. The predicted octanol–water partition coefficient (Wildman–Crippen LogP) is 3.55. The van der Waals surface area contributed by atoms with Gasteiger partial charge in [0.1, 0.15) is 18.5 Å². The van der Waals surface area contributed by atoms with Gasteiger partial charge in [-0.15, -0.1) is 0 Å². The van der Waals surface area contributed by atoms with Gasteiger partial charge in [0.2, 0.25) is 0 Å². The van der Waals surface area contributed by atoms with Gasteiger partial charge in [0.05, 0.1) is 0 Å². The standard InChI is InChI=1S/C14H20ClNO3/c1-9(2)16-14(17)19-11(4)8-18-13-6-5-12(15)7-10(13)3/h5-7,9,11H,8H2,1-4H3,(H,16,17). The van der Waals surface area contributed by atoms with Gasteiger partial charge in [0.25, 0.3) is 0 Å². The molecule has 1 atom stereocenters. The van der Waals surface area contributed by atoms with Crippen LogP contribution in [0.4, 0.5) is 4.79 Å². The molecular weight excluding hydrogens is 266 g/mol. The summed E-state index contributed by atoms with van der Waals surface area (Å²) >= 11 is 5.86. The molecule has 0 aliphatic rings. The van der Waals surface area contributed by atoms with Crippen LogP contribution in [0.3, 0.4) is 0 Å². The zero-order chi connectivity index (χ0) is 14.4. The lowest BCUT2D eigenvalue weighted by atomic mass is 10.2. The normalized spacial score (nSPS) is 12.1. The van der Waals surface area contributed by atoms with Crippen LogP contribution >= 0.6 is 11.6 Å². The molecule has 1 amide bonds. The molecule has 1 aromatic carbocycles. The SMILES string of the molecule is Cc1cc(Cl)ccc1OCC(C)OC(=O)NC(C)C. The van der Waals surface area contributed by atoms with E-state index in [9.17, 15) is 4.79 Å². The maximum atomic E-state index is 11.4. The fraction of sp³-hybridized carbons (Fsp3) is 0.500. The van der Waals surface area contributed by atoms with Crippen molar-refractivity contribution < 1.29 is 14.3 Å².